The highest BCUT2D eigenvalue weighted by molar-refractivity contribution is 8.26. The van der Waals surface area contributed by atoms with Crippen LogP contribution in [0.3, 0.4) is 0 Å². The molecule has 0 atom stereocenters. The van der Waals surface area contributed by atoms with E-state index in [1.54, 1.807) is 24.4 Å². The van der Waals surface area contributed by atoms with E-state index in [4.69, 9.17) is 35.4 Å². The van der Waals surface area contributed by atoms with Crippen molar-refractivity contribution < 1.29 is 4.79 Å². The Balaban J connectivity index is 1.71. The Hall–Kier alpha value is -1.12. The van der Waals surface area contributed by atoms with Crippen molar-refractivity contribution in [2.75, 3.05) is 0 Å². The fourth-order valence-corrected chi connectivity index (χ4v) is 3.97. The summed E-state index contributed by atoms with van der Waals surface area (Å²) >= 11 is 19.6. The molecule has 24 heavy (non-hydrogen) atoms. The molecule has 1 aromatic carbocycles. The minimum Gasteiger partial charge on any atom is -0.307 e. The summed E-state index contributed by atoms with van der Waals surface area (Å²) in [6, 6.07) is 7.24. The molecule has 1 aromatic heterocycles. The molecule has 1 fully saturated rings. The smallest absolute Gasteiger partial charge is 0.263 e. The van der Waals surface area contributed by atoms with Gasteiger partial charge in [-0.2, -0.15) is 0 Å². The van der Waals surface area contributed by atoms with E-state index in [9.17, 15) is 4.79 Å². The van der Waals surface area contributed by atoms with Crippen molar-refractivity contribution in [1.82, 2.24) is 15.3 Å². The summed E-state index contributed by atoms with van der Waals surface area (Å²) in [7, 11) is 0. The van der Waals surface area contributed by atoms with Gasteiger partial charge in [0, 0.05) is 11.9 Å². The number of amides is 1. The Morgan fingerprint density at radius 3 is 2.83 bits per heavy atom. The molecule has 2 heterocycles. The summed E-state index contributed by atoms with van der Waals surface area (Å²) in [4.78, 5) is 20.9. The van der Waals surface area contributed by atoms with Crippen molar-refractivity contribution in [2.24, 2.45) is 0 Å². The van der Waals surface area contributed by atoms with Gasteiger partial charge in [-0.1, -0.05) is 65.0 Å². The number of benzene rings is 1. The Labute approximate surface area is 162 Å². The highest BCUT2D eigenvalue weighted by atomic mass is 35.5. The molecule has 4 nitrogen and oxygen atoms in total. The van der Waals surface area contributed by atoms with E-state index in [1.807, 2.05) is 12.1 Å². The zero-order valence-corrected chi connectivity index (χ0v) is 15.9. The largest absolute Gasteiger partial charge is 0.307 e. The maximum absolute atomic E-state index is 11.7. The van der Waals surface area contributed by atoms with Gasteiger partial charge in [0.1, 0.15) is 4.32 Å². The third-order valence-corrected chi connectivity index (χ3v) is 5.76. The normalized spacial score (nSPS) is 15.8. The minimum atomic E-state index is -0.200. The lowest BCUT2D eigenvalue weighted by molar-refractivity contribution is -0.115. The van der Waals surface area contributed by atoms with E-state index < -0.39 is 0 Å². The number of rotatable bonds is 4. The first-order chi connectivity index (χ1) is 11.5. The lowest BCUT2D eigenvalue weighted by atomic mass is 10.2. The van der Waals surface area contributed by atoms with E-state index in [0.717, 1.165) is 5.56 Å². The molecule has 0 spiro atoms. The van der Waals surface area contributed by atoms with Gasteiger partial charge >= 0.3 is 0 Å². The van der Waals surface area contributed by atoms with Crippen LogP contribution in [-0.2, 0) is 10.5 Å². The van der Waals surface area contributed by atoms with Crippen LogP contribution < -0.4 is 5.32 Å². The van der Waals surface area contributed by atoms with E-state index in [0.29, 0.717) is 35.9 Å². The minimum absolute atomic E-state index is 0.200. The Kier molecular flexibility index (Phi) is 5.78. The van der Waals surface area contributed by atoms with Gasteiger partial charge in [-0.3, -0.25) is 4.79 Å². The number of hydrogen-bond donors (Lipinski definition) is 1. The van der Waals surface area contributed by atoms with Gasteiger partial charge in [0.25, 0.3) is 5.91 Å². The fourth-order valence-electron chi connectivity index (χ4n) is 1.84. The summed E-state index contributed by atoms with van der Waals surface area (Å²) in [6.07, 6.45) is 3.36. The second kappa shape index (κ2) is 7.84. The van der Waals surface area contributed by atoms with Gasteiger partial charge in [-0.25, -0.2) is 9.97 Å². The number of nitrogens with zero attached hydrogens (tertiary/aromatic N) is 2. The van der Waals surface area contributed by atoms with Crippen LogP contribution in [-0.4, -0.2) is 20.2 Å². The third-order valence-electron chi connectivity index (χ3n) is 2.93. The molecule has 1 aliphatic heterocycles. The van der Waals surface area contributed by atoms with Gasteiger partial charge in [-0.15, -0.1) is 0 Å². The summed E-state index contributed by atoms with van der Waals surface area (Å²) in [5.74, 6) is 0.463. The summed E-state index contributed by atoms with van der Waals surface area (Å²) in [5.41, 5.74) is 1.68. The first-order valence-electron chi connectivity index (χ1n) is 6.66. The maximum atomic E-state index is 11.7. The SMILES string of the molecule is O=C1NC(=S)S/C1=C\c1ccnc(SCc2ccc(Cl)c(Cl)c2)n1. The first kappa shape index (κ1) is 17.7. The van der Waals surface area contributed by atoms with Gasteiger partial charge in [-0.05, 0) is 29.8 Å². The summed E-state index contributed by atoms with van der Waals surface area (Å²) in [5, 5.41) is 4.24. The molecule has 1 saturated heterocycles. The number of carbonyl (C=O) groups excluding carboxylic acids is 1. The van der Waals surface area contributed by atoms with Crippen LogP contribution >= 0.6 is 58.9 Å². The van der Waals surface area contributed by atoms with Gasteiger partial charge in [0.15, 0.2) is 5.16 Å². The molecule has 0 unspecified atom stereocenters. The number of carbonyl (C=O) groups is 1. The number of nitrogens with one attached hydrogen (secondary N) is 1. The molecule has 0 saturated carbocycles. The molecule has 9 heteroatoms. The molecule has 0 radical (unpaired) electrons. The highest BCUT2D eigenvalue weighted by Crippen LogP contribution is 2.28. The molecule has 1 N–H and O–H groups in total. The zero-order chi connectivity index (χ0) is 17.1. The van der Waals surface area contributed by atoms with Crippen molar-refractivity contribution in [1.29, 1.82) is 0 Å². The lowest BCUT2D eigenvalue weighted by Gasteiger charge is -2.03. The number of thiocarbonyl (C=S) groups is 1. The van der Waals surface area contributed by atoms with E-state index >= 15 is 0 Å². The molecule has 1 aliphatic rings. The number of thioether (sulfide) groups is 2. The van der Waals surface area contributed by atoms with Crippen LogP contribution in [0.25, 0.3) is 6.08 Å². The third kappa shape index (κ3) is 4.49. The van der Waals surface area contributed by atoms with Gasteiger partial charge in [0.2, 0.25) is 0 Å². The molecule has 0 bridgehead atoms. The monoisotopic (exact) mass is 413 g/mol. The van der Waals surface area contributed by atoms with Gasteiger partial charge in [0.05, 0.1) is 20.6 Å². The predicted molar refractivity (Wildman–Crippen MR) is 104 cm³/mol. The average Bonchev–Trinajstić information content (AvgIpc) is 2.86. The molecule has 3 rings (SSSR count). The maximum Gasteiger partial charge on any atom is 0.263 e. The first-order valence-corrected chi connectivity index (χ1v) is 9.62. The van der Waals surface area contributed by atoms with Crippen LogP contribution in [0.15, 0.2) is 40.5 Å². The zero-order valence-electron chi connectivity index (χ0n) is 12.0. The molecule has 122 valence electrons. The van der Waals surface area contributed by atoms with Crippen molar-refractivity contribution >= 4 is 75.2 Å². The number of aromatic nitrogens is 2. The van der Waals surface area contributed by atoms with Crippen LogP contribution in [0.2, 0.25) is 10.0 Å². The molecule has 0 aliphatic carbocycles. The quantitative estimate of drug-likeness (QED) is 0.343. The van der Waals surface area contributed by atoms with Crippen molar-refractivity contribution in [3.8, 4) is 0 Å². The van der Waals surface area contributed by atoms with Crippen LogP contribution in [0.4, 0.5) is 0 Å². The van der Waals surface area contributed by atoms with Crippen LogP contribution in [0.5, 0.6) is 0 Å². The second-order valence-electron chi connectivity index (χ2n) is 4.65. The number of halogens is 2. The molecule has 2 aromatic rings. The standard InChI is InChI=1S/C15H9Cl2N3OS3/c16-10-2-1-8(5-11(10)17)7-23-14-18-4-3-9(19-14)6-12-13(21)20-15(22)24-12/h1-6H,7H2,(H,20,21,22)/b12-6-. The second-order valence-corrected chi connectivity index (χ2v) is 8.13. The van der Waals surface area contributed by atoms with E-state index in [1.165, 1.54) is 23.5 Å². The Morgan fingerprint density at radius 1 is 1.29 bits per heavy atom. The Morgan fingerprint density at radius 2 is 2.12 bits per heavy atom. The van der Waals surface area contributed by atoms with E-state index in [-0.39, 0.29) is 5.91 Å². The average molecular weight is 414 g/mol. The van der Waals surface area contributed by atoms with E-state index in [2.05, 4.69) is 15.3 Å². The molecular formula is C15H9Cl2N3OS3. The predicted octanol–water partition coefficient (Wildman–Crippen LogP) is 4.56. The van der Waals surface area contributed by atoms with Crippen LogP contribution in [0.1, 0.15) is 11.3 Å². The lowest BCUT2D eigenvalue weighted by Crippen LogP contribution is -2.17. The number of hydrogen-bond acceptors (Lipinski definition) is 6. The Bertz CT molecular complexity index is 858. The van der Waals surface area contributed by atoms with Crippen molar-refractivity contribution in [2.45, 2.75) is 10.9 Å². The van der Waals surface area contributed by atoms with Crippen molar-refractivity contribution in [3.63, 3.8) is 0 Å². The molecule has 1 amide bonds. The van der Waals surface area contributed by atoms with Crippen molar-refractivity contribution in [3.05, 3.63) is 56.7 Å². The summed E-state index contributed by atoms with van der Waals surface area (Å²) < 4.78 is 0.453. The topological polar surface area (TPSA) is 54.9 Å². The highest BCUT2D eigenvalue weighted by Gasteiger charge is 2.22. The fraction of sp³-hybridized carbons (Fsp3) is 0.0667. The van der Waals surface area contributed by atoms with Gasteiger partial charge < -0.3 is 5.32 Å². The van der Waals surface area contributed by atoms with Crippen LogP contribution in [0, 0.1) is 0 Å². The molecular weight excluding hydrogens is 405 g/mol. The summed E-state index contributed by atoms with van der Waals surface area (Å²) in [6.45, 7) is 0.